The second-order valence-electron chi connectivity index (χ2n) is 8.71. The molecule has 0 spiro atoms. The van der Waals surface area contributed by atoms with E-state index in [9.17, 15) is 15.0 Å². The highest BCUT2D eigenvalue weighted by Gasteiger charge is 2.52. The summed E-state index contributed by atoms with van der Waals surface area (Å²) in [5, 5.41) is 24.2. The smallest absolute Gasteiger partial charge is 0.310 e. The average molecular weight is 461 g/mol. The Balaban J connectivity index is 1.56. The van der Waals surface area contributed by atoms with E-state index in [2.05, 4.69) is 5.32 Å². The Morgan fingerprint density at radius 1 is 0.971 bits per heavy atom. The van der Waals surface area contributed by atoms with Crippen molar-refractivity contribution in [3.05, 3.63) is 71.3 Å². The summed E-state index contributed by atoms with van der Waals surface area (Å²) in [6.45, 7) is 0.391. The summed E-state index contributed by atoms with van der Waals surface area (Å²) < 4.78 is 22.2. The third-order valence-electron chi connectivity index (χ3n) is 6.94. The number of hydrogen-bond donors (Lipinski definition) is 3. The Kier molecular flexibility index (Phi) is 4.69. The van der Waals surface area contributed by atoms with Crippen molar-refractivity contribution >= 4 is 11.7 Å². The number of cyclic esters (lactones) is 1. The van der Waals surface area contributed by atoms with Crippen molar-refractivity contribution in [2.45, 2.75) is 12.0 Å². The topological polar surface area (TPSA) is 106 Å². The minimum Gasteiger partial charge on any atom is -0.504 e. The molecule has 1 saturated heterocycles. The minimum absolute atomic E-state index is 0.127. The molecule has 0 unspecified atom stereocenters. The van der Waals surface area contributed by atoms with Crippen LogP contribution in [0.4, 0.5) is 5.69 Å². The van der Waals surface area contributed by atoms with Gasteiger partial charge in [-0.25, -0.2) is 0 Å². The molecule has 3 aromatic rings. The van der Waals surface area contributed by atoms with Gasteiger partial charge in [0.2, 0.25) is 12.5 Å². The van der Waals surface area contributed by atoms with Crippen LogP contribution in [0.3, 0.4) is 0 Å². The maximum Gasteiger partial charge on any atom is 0.310 e. The number of ether oxygens (including phenoxy) is 4. The zero-order valence-electron chi connectivity index (χ0n) is 18.4. The summed E-state index contributed by atoms with van der Waals surface area (Å²) in [6, 6.07) is 16.6. The monoisotopic (exact) mass is 461 g/mol. The number of aromatic hydroxyl groups is 2. The third kappa shape index (κ3) is 3.09. The fourth-order valence-electron chi connectivity index (χ4n) is 5.41. The Hall–Kier alpha value is -4.07. The normalized spacial score (nSPS) is 24.2. The number of carbonyl (C=O) groups is 1. The van der Waals surface area contributed by atoms with E-state index in [1.54, 1.807) is 6.07 Å². The molecule has 0 radical (unpaired) electrons. The summed E-state index contributed by atoms with van der Waals surface area (Å²) in [5.74, 6) is -0.719. The zero-order chi connectivity index (χ0) is 23.4. The van der Waals surface area contributed by atoms with Crippen molar-refractivity contribution in [2.24, 2.45) is 11.8 Å². The van der Waals surface area contributed by atoms with Crippen molar-refractivity contribution in [1.82, 2.24) is 0 Å². The van der Waals surface area contributed by atoms with Crippen LogP contribution in [-0.2, 0) is 9.53 Å². The molecule has 8 nitrogen and oxygen atoms in total. The molecular weight excluding hydrogens is 438 g/mol. The molecule has 3 aliphatic rings. The third-order valence-corrected chi connectivity index (χ3v) is 6.94. The largest absolute Gasteiger partial charge is 0.504 e. The van der Waals surface area contributed by atoms with Gasteiger partial charge < -0.3 is 34.5 Å². The molecule has 0 aromatic heterocycles. The molecule has 1 aliphatic carbocycles. The number of para-hydroxylation sites is 1. The first-order valence-electron chi connectivity index (χ1n) is 11.1. The summed E-state index contributed by atoms with van der Waals surface area (Å²) in [7, 11) is 1.41. The van der Waals surface area contributed by atoms with Gasteiger partial charge in [-0.2, -0.15) is 0 Å². The van der Waals surface area contributed by atoms with Gasteiger partial charge in [0.25, 0.3) is 0 Å². The van der Waals surface area contributed by atoms with E-state index < -0.39 is 11.8 Å². The first kappa shape index (κ1) is 20.5. The van der Waals surface area contributed by atoms with Crippen LogP contribution in [0.5, 0.6) is 28.7 Å². The van der Waals surface area contributed by atoms with E-state index in [-0.39, 0.29) is 48.6 Å². The Morgan fingerprint density at radius 2 is 1.71 bits per heavy atom. The maximum atomic E-state index is 13.1. The van der Waals surface area contributed by atoms with Gasteiger partial charge in [-0.05, 0) is 53.1 Å². The summed E-state index contributed by atoms with van der Waals surface area (Å²) in [6.07, 6.45) is 0. The van der Waals surface area contributed by atoms with E-state index in [1.165, 1.54) is 13.2 Å². The van der Waals surface area contributed by atoms with Gasteiger partial charge in [-0.3, -0.25) is 4.79 Å². The van der Waals surface area contributed by atoms with Crippen molar-refractivity contribution in [3.8, 4) is 28.7 Å². The molecule has 6 rings (SSSR count). The van der Waals surface area contributed by atoms with E-state index in [0.29, 0.717) is 17.1 Å². The molecule has 3 aromatic carbocycles. The quantitative estimate of drug-likeness (QED) is 0.397. The maximum absolute atomic E-state index is 13.1. The Bertz CT molecular complexity index is 1280. The number of carbonyl (C=O) groups excluding carboxylic acids is 1. The fourth-order valence-corrected chi connectivity index (χ4v) is 5.41. The number of anilines is 1. The number of benzene rings is 3. The molecule has 2 heterocycles. The first-order chi connectivity index (χ1) is 16.5. The SMILES string of the molecule is COc1cc([C@@H]2c3cc4c(cc3[C@H](Nc3ccccc3)[C@H]3COC(=O)[C@H]23)OCO4)cc(O)c1O. The van der Waals surface area contributed by atoms with Gasteiger partial charge >= 0.3 is 5.97 Å². The highest BCUT2D eigenvalue weighted by Crippen LogP contribution is 2.56. The van der Waals surface area contributed by atoms with Gasteiger partial charge in [0.1, 0.15) is 0 Å². The molecule has 3 N–H and O–H groups in total. The molecule has 4 atom stereocenters. The molecule has 8 heteroatoms. The molecule has 0 amide bonds. The van der Waals surface area contributed by atoms with E-state index in [1.807, 2.05) is 42.5 Å². The molecule has 1 fully saturated rings. The van der Waals surface area contributed by atoms with Crippen molar-refractivity contribution < 1.29 is 34.0 Å². The van der Waals surface area contributed by atoms with Crippen LogP contribution in [0.2, 0.25) is 0 Å². The average Bonchev–Trinajstić information content (AvgIpc) is 3.47. The molecule has 34 heavy (non-hydrogen) atoms. The van der Waals surface area contributed by atoms with Crippen LogP contribution in [0, 0.1) is 11.8 Å². The number of methoxy groups -OCH3 is 1. The van der Waals surface area contributed by atoms with E-state index in [0.717, 1.165) is 16.8 Å². The number of fused-ring (bicyclic) bond motifs is 3. The lowest BCUT2D eigenvalue weighted by molar-refractivity contribution is -0.141. The van der Waals surface area contributed by atoms with Crippen LogP contribution in [0.1, 0.15) is 28.7 Å². The number of nitrogens with one attached hydrogen (secondary N) is 1. The second-order valence-corrected chi connectivity index (χ2v) is 8.71. The molecule has 2 aliphatic heterocycles. The Morgan fingerprint density at radius 3 is 2.44 bits per heavy atom. The molecule has 0 bridgehead atoms. The van der Waals surface area contributed by atoms with Crippen LogP contribution >= 0.6 is 0 Å². The van der Waals surface area contributed by atoms with Crippen LogP contribution < -0.4 is 19.5 Å². The molecular formula is C26H23NO7. The summed E-state index contributed by atoms with van der Waals surface area (Å²) in [5.41, 5.74) is 3.39. The van der Waals surface area contributed by atoms with Gasteiger partial charge in [0, 0.05) is 17.5 Å². The fraction of sp³-hybridized carbons (Fsp3) is 0.269. The standard InChI is InChI=1S/C26H23NO7/c1-31-21-8-13(7-18(28)25(21)29)22-15-9-19-20(34-12-33-19)10-16(15)24(17-11-32-26(30)23(17)22)27-14-5-3-2-4-6-14/h2-10,17,22-24,27-29H,11-12H2,1H3/t17-,22+,23-,24-/m0/s1. The number of rotatable bonds is 4. The Labute approximate surface area is 195 Å². The highest BCUT2D eigenvalue weighted by molar-refractivity contribution is 5.79. The number of esters is 1. The number of phenols is 2. The summed E-state index contributed by atoms with van der Waals surface area (Å²) in [4.78, 5) is 13.1. The highest BCUT2D eigenvalue weighted by atomic mass is 16.7. The van der Waals surface area contributed by atoms with Gasteiger partial charge in [-0.15, -0.1) is 0 Å². The van der Waals surface area contributed by atoms with Crippen LogP contribution in [0.25, 0.3) is 0 Å². The predicted octanol–water partition coefficient (Wildman–Crippen LogP) is 3.92. The van der Waals surface area contributed by atoms with Crippen molar-refractivity contribution in [1.29, 1.82) is 0 Å². The first-order valence-corrected chi connectivity index (χ1v) is 11.1. The van der Waals surface area contributed by atoms with Crippen LogP contribution in [-0.4, -0.2) is 36.7 Å². The second kappa shape index (κ2) is 7.76. The summed E-state index contributed by atoms with van der Waals surface area (Å²) >= 11 is 0. The number of hydrogen-bond acceptors (Lipinski definition) is 8. The van der Waals surface area contributed by atoms with E-state index >= 15 is 0 Å². The lowest BCUT2D eigenvalue weighted by Crippen LogP contribution is -2.37. The van der Waals surface area contributed by atoms with Gasteiger partial charge in [0.15, 0.2) is 23.0 Å². The lowest BCUT2D eigenvalue weighted by atomic mass is 9.65. The van der Waals surface area contributed by atoms with E-state index in [4.69, 9.17) is 18.9 Å². The van der Waals surface area contributed by atoms with Crippen molar-refractivity contribution in [2.75, 3.05) is 25.8 Å². The van der Waals surface area contributed by atoms with Gasteiger partial charge in [0.05, 0.1) is 25.7 Å². The minimum atomic E-state index is -0.511. The van der Waals surface area contributed by atoms with Crippen LogP contribution in [0.15, 0.2) is 54.6 Å². The van der Waals surface area contributed by atoms with Crippen molar-refractivity contribution in [3.63, 3.8) is 0 Å². The van der Waals surface area contributed by atoms with Gasteiger partial charge in [-0.1, -0.05) is 18.2 Å². The molecule has 174 valence electrons. The predicted molar refractivity (Wildman–Crippen MR) is 121 cm³/mol. The zero-order valence-corrected chi connectivity index (χ0v) is 18.4. The molecule has 0 saturated carbocycles. The number of phenolic OH excluding ortho intramolecular Hbond substituents is 2. The lowest BCUT2D eigenvalue weighted by Gasteiger charge is -2.40.